The van der Waals surface area contributed by atoms with Crippen molar-refractivity contribution in [3.05, 3.63) is 0 Å². The third-order valence-electron chi connectivity index (χ3n) is 4.14. The van der Waals surface area contributed by atoms with Gasteiger partial charge in [0.1, 0.15) is 0 Å². The summed E-state index contributed by atoms with van der Waals surface area (Å²) < 4.78 is 5.22. The standard InChI is InChI=1S/C17H32N2O4/c20-16(21)10-8-6-4-2-1-3-5-7-9-11-18-17(22)19-12-14-23-15-13-19/h1-15H2,(H,18,22)(H,20,21). The quantitative estimate of drug-likeness (QED) is 0.540. The minimum Gasteiger partial charge on any atom is -0.481 e. The van der Waals surface area contributed by atoms with E-state index in [0.29, 0.717) is 32.7 Å². The van der Waals surface area contributed by atoms with E-state index in [9.17, 15) is 9.59 Å². The Bertz CT molecular complexity index is 331. The molecule has 1 heterocycles. The van der Waals surface area contributed by atoms with Gasteiger partial charge in [0.05, 0.1) is 13.2 Å². The number of aliphatic carboxylic acids is 1. The van der Waals surface area contributed by atoms with Crippen LogP contribution in [0.2, 0.25) is 0 Å². The van der Waals surface area contributed by atoms with Crippen molar-refractivity contribution in [1.82, 2.24) is 10.2 Å². The number of ether oxygens (including phenoxy) is 1. The summed E-state index contributed by atoms with van der Waals surface area (Å²) in [6, 6.07) is 0.0367. The van der Waals surface area contributed by atoms with Gasteiger partial charge in [-0.2, -0.15) is 0 Å². The molecule has 0 spiro atoms. The number of rotatable bonds is 12. The Balaban J connectivity index is 1.79. The average molecular weight is 328 g/mol. The summed E-state index contributed by atoms with van der Waals surface area (Å²) in [5.74, 6) is -0.689. The molecule has 0 aliphatic carbocycles. The van der Waals surface area contributed by atoms with Crippen molar-refractivity contribution < 1.29 is 19.4 Å². The van der Waals surface area contributed by atoms with Gasteiger partial charge in [-0.1, -0.05) is 44.9 Å². The van der Waals surface area contributed by atoms with Gasteiger partial charge in [0.25, 0.3) is 0 Å². The molecule has 0 saturated carbocycles. The molecule has 2 amide bonds. The number of carbonyl (C=O) groups is 2. The van der Waals surface area contributed by atoms with Gasteiger partial charge in [-0.15, -0.1) is 0 Å². The molecule has 1 aliphatic rings. The third kappa shape index (κ3) is 11.0. The Morgan fingerprint density at radius 3 is 1.96 bits per heavy atom. The Hall–Kier alpha value is -1.30. The van der Waals surface area contributed by atoms with Crippen LogP contribution in [0.4, 0.5) is 4.79 Å². The number of hydrogen-bond acceptors (Lipinski definition) is 3. The first-order chi connectivity index (χ1) is 11.2. The van der Waals surface area contributed by atoms with Crippen LogP contribution in [0.15, 0.2) is 0 Å². The fourth-order valence-corrected chi connectivity index (χ4v) is 2.71. The zero-order valence-corrected chi connectivity index (χ0v) is 14.2. The molecule has 6 nitrogen and oxygen atoms in total. The maximum atomic E-state index is 11.8. The predicted molar refractivity (Wildman–Crippen MR) is 89.6 cm³/mol. The van der Waals surface area contributed by atoms with E-state index in [1.807, 2.05) is 4.90 Å². The normalized spacial score (nSPS) is 14.7. The van der Waals surface area contributed by atoms with Gasteiger partial charge in [-0.05, 0) is 12.8 Å². The number of hydrogen-bond donors (Lipinski definition) is 2. The summed E-state index contributed by atoms with van der Waals surface area (Å²) in [5.41, 5.74) is 0. The van der Waals surface area contributed by atoms with Crippen molar-refractivity contribution in [3.8, 4) is 0 Å². The molecule has 2 N–H and O–H groups in total. The number of carboxylic acids is 1. The Morgan fingerprint density at radius 2 is 1.39 bits per heavy atom. The molecular weight excluding hydrogens is 296 g/mol. The number of carboxylic acid groups (broad SMARTS) is 1. The van der Waals surface area contributed by atoms with Crippen LogP contribution < -0.4 is 5.32 Å². The van der Waals surface area contributed by atoms with Gasteiger partial charge in [0.2, 0.25) is 0 Å². The lowest BCUT2D eigenvalue weighted by atomic mass is 10.1. The third-order valence-corrected chi connectivity index (χ3v) is 4.14. The number of carbonyl (C=O) groups excluding carboxylic acids is 1. The van der Waals surface area contributed by atoms with Crippen molar-refractivity contribution in [1.29, 1.82) is 0 Å². The van der Waals surface area contributed by atoms with Crippen molar-refractivity contribution in [2.75, 3.05) is 32.8 Å². The largest absolute Gasteiger partial charge is 0.481 e. The van der Waals surface area contributed by atoms with Crippen LogP contribution in [-0.4, -0.2) is 54.9 Å². The highest BCUT2D eigenvalue weighted by Gasteiger charge is 2.15. The van der Waals surface area contributed by atoms with E-state index in [2.05, 4.69) is 5.32 Å². The van der Waals surface area contributed by atoms with E-state index in [0.717, 1.165) is 38.6 Å². The van der Waals surface area contributed by atoms with Gasteiger partial charge in [0.15, 0.2) is 0 Å². The minimum absolute atomic E-state index is 0.0367. The second kappa shape index (κ2) is 13.2. The van der Waals surface area contributed by atoms with Crippen LogP contribution >= 0.6 is 0 Å². The first-order valence-electron chi connectivity index (χ1n) is 9.02. The zero-order chi connectivity index (χ0) is 16.8. The molecule has 23 heavy (non-hydrogen) atoms. The number of amides is 2. The van der Waals surface area contributed by atoms with Crippen molar-refractivity contribution in [2.45, 2.75) is 64.2 Å². The van der Waals surface area contributed by atoms with Gasteiger partial charge in [-0.25, -0.2) is 4.79 Å². The van der Waals surface area contributed by atoms with Crippen LogP contribution in [0.1, 0.15) is 64.2 Å². The lowest BCUT2D eigenvalue weighted by Crippen LogP contribution is -2.46. The molecule has 0 aromatic rings. The Morgan fingerprint density at radius 1 is 0.870 bits per heavy atom. The Labute approximate surface area is 139 Å². The smallest absolute Gasteiger partial charge is 0.317 e. The molecule has 0 atom stereocenters. The van der Waals surface area contributed by atoms with Crippen molar-refractivity contribution >= 4 is 12.0 Å². The highest BCUT2D eigenvalue weighted by Crippen LogP contribution is 2.10. The van der Waals surface area contributed by atoms with E-state index in [1.54, 1.807) is 0 Å². The fraction of sp³-hybridized carbons (Fsp3) is 0.882. The Kier molecular flexibility index (Phi) is 11.3. The van der Waals surface area contributed by atoms with Crippen LogP contribution in [0, 0.1) is 0 Å². The van der Waals surface area contributed by atoms with E-state index in [-0.39, 0.29) is 6.03 Å². The van der Waals surface area contributed by atoms with Crippen LogP contribution in [0.25, 0.3) is 0 Å². The minimum atomic E-state index is -0.689. The zero-order valence-electron chi connectivity index (χ0n) is 14.2. The lowest BCUT2D eigenvalue weighted by molar-refractivity contribution is -0.137. The highest BCUT2D eigenvalue weighted by atomic mass is 16.5. The van der Waals surface area contributed by atoms with E-state index < -0.39 is 5.97 Å². The van der Waals surface area contributed by atoms with Gasteiger partial charge in [-0.3, -0.25) is 4.79 Å². The first kappa shape index (κ1) is 19.7. The van der Waals surface area contributed by atoms with Crippen molar-refractivity contribution in [3.63, 3.8) is 0 Å². The van der Waals surface area contributed by atoms with Gasteiger partial charge < -0.3 is 20.1 Å². The topological polar surface area (TPSA) is 78.9 Å². The second-order valence-corrected chi connectivity index (χ2v) is 6.16. The fourth-order valence-electron chi connectivity index (χ4n) is 2.71. The monoisotopic (exact) mass is 328 g/mol. The van der Waals surface area contributed by atoms with Crippen LogP contribution in [0.5, 0.6) is 0 Å². The molecular formula is C17H32N2O4. The summed E-state index contributed by atoms with van der Waals surface area (Å²) in [7, 11) is 0. The lowest BCUT2D eigenvalue weighted by Gasteiger charge is -2.26. The summed E-state index contributed by atoms with van der Waals surface area (Å²) in [6.07, 6.45) is 10.3. The van der Waals surface area contributed by atoms with Gasteiger partial charge in [0, 0.05) is 26.1 Å². The molecule has 1 rings (SSSR count). The van der Waals surface area contributed by atoms with E-state index in [4.69, 9.17) is 9.84 Å². The highest BCUT2D eigenvalue weighted by molar-refractivity contribution is 5.74. The van der Waals surface area contributed by atoms with Gasteiger partial charge >= 0.3 is 12.0 Å². The number of nitrogens with one attached hydrogen (secondary N) is 1. The number of urea groups is 1. The van der Waals surface area contributed by atoms with E-state index in [1.165, 1.54) is 25.7 Å². The summed E-state index contributed by atoms with van der Waals surface area (Å²) in [6.45, 7) is 3.43. The number of unbranched alkanes of at least 4 members (excludes halogenated alkanes) is 8. The number of nitrogens with zero attached hydrogens (tertiary/aromatic N) is 1. The molecule has 0 bridgehead atoms. The SMILES string of the molecule is O=C(O)CCCCCCCCCCCNC(=O)N1CCOCC1. The molecule has 0 aromatic heterocycles. The summed E-state index contributed by atoms with van der Waals surface area (Å²) >= 11 is 0. The molecule has 0 aromatic carbocycles. The molecule has 134 valence electrons. The molecule has 1 saturated heterocycles. The maximum Gasteiger partial charge on any atom is 0.317 e. The molecule has 1 fully saturated rings. The second-order valence-electron chi connectivity index (χ2n) is 6.16. The van der Waals surface area contributed by atoms with E-state index >= 15 is 0 Å². The summed E-state index contributed by atoms with van der Waals surface area (Å²) in [5, 5.41) is 11.5. The number of morpholine rings is 1. The predicted octanol–water partition coefficient (Wildman–Crippen LogP) is 3.01. The maximum absolute atomic E-state index is 11.8. The first-order valence-corrected chi connectivity index (χ1v) is 9.02. The van der Waals surface area contributed by atoms with Crippen LogP contribution in [-0.2, 0) is 9.53 Å². The molecule has 6 heteroatoms. The summed E-state index contributed by atoms with van der Waals surface area (Å²) in [4.78, 5) is 24.0. The van der Waals surface area contributed by atoms with Crippen molar-refractivity contribution in [2.24, 2.45) is 0 Å². The molecule has 0 radical (unpaired) electrons. The molecule has 0 unspecified atom stereocenters. The molecule has 1 aliphatic heterocycles. The average Bonchev–Trinajstić information content (AvgIpc) is 2.56. The van der Waals surface area contributed by atoms with Crippen LogP contribution in [0.3, 0.4) is 0 Å².